The Balaban J connectivity index is 0.00000147. The standard InChI is InChI=1S/C16H20N2O.ClH/c1-2-10-17-14(7-1)9-12-19-15-8-3-5-13-6-4-11-18-16(13)15;/h3-6,8,11,14,17H,1-2,7,9-10,12H2;1H. The number of piperidine rings is 1. The normalized spacial score (nSPS) is 18.5. The van der Waals surface area contributed by atoms with Gasteiger partial charge in [0.25, 0.3) is 0 Å². The highest BCUT2D eigenvalue weighted by molar-refractivity contribution is 5.85. The van der Waals surface area contributed by atoms with E-state index in [4.69, 9.17) is 4.74 Å². The van der Waals surface area contributed by atoms with Crippen LogP contribution in [0.4, 0.5) is 0 Å². The van der Waals surface area contributed by atoms with Crippen molar-refractivity contribution in [3.63, 3.8) is 0 Å². The Kier molecular flexibility index (Phi) is 5.62. The van der Waals surface area contributed by atoms with Gasteiger partial charge in [-0.2, -0.15) is 0 Å². The second-order valence-corrected chi connectivity index (χ2v) is 5.12. The average Bonchev–Trinajstić information content (AvgIpc) is 2.49. The van der Waals surface area contributed by atoms with Gasteiger partial charge in [-0.3, -0.25) is 4.98 Å². The van der Waals surface area contributed by atoms with Gasteiger partial charge >= 0.3 is 0 Å². The minimum atomic E-state index is 0. The van der Waals surface area contributed by atoms with Gasteiger partial charge in [0, 0.05) is 17.6 Å². The molecule has 1 atom stereocenters. The maximum atomic E-state index is 5.92. The number of aromatic nitrogens is 1. The van der Waals surface area contributed by atoms with Crippen LogP contribution in [0.1, 0.15) is 25.7 Å². The van der Waals surface area contributed by atoms with E-state index >= 15 is 0 Å². The first-order chi connectivity index (χ1) is 9.43. The van der Waals surface area contributed by atoms with E-state index in [9.17, 15) is 0 Å². The van der Waals surface area contributed by atoms with Crippen molar-refractivity contribution in [2.75, 3.05) is 13.2 Å². The third-order valence-electron chi connectivity index (χ3n) is 3.73. The monoisotopic (exact) mass is 292 g/mol. The van der Waals surface area contributed by atoms with E-state index in [1.807, 2.05) is 24.4 Å². The number of benzene rings is 1. The van der Waals surface area contributed by atoms with E-state index in [0.717, 1.165) is 36.2 Å². The molecule has 4 heteroatoms. The second-order valence-electron chi connectivity index (χ2n) is 5.12. The minimum Gasteiger partial charge on any atom is -0.491 e. The Morgan fingerprint density at radius 2 is 2.10 bits per heavy atom. The fourth-order valence-electron chi connectivity index (χ4n) is 2.67. The van der Waals surface area contributed by atoms with Crippen LogP contribution in [0.2, 0.25) is 0 Å². The maximum Gasteiger partial charge on any atom is 0.145 e. The molecular weight excluding hydrogens is 272 g/mol. The molecule has 3 rings (SSSR count). The van der Waals surface area contributed by atoms with Crippen LogP contribution in [0, 0.1) is 0 Å². The van der Waals surface area contributed by atoms with Crippen LogP contribution < -0.4 is 10.1 Å². The second kappa shape index (κ2) is 7.46. The van der Waals surface area contributed by atoms with Gasteiger partial charge in [-0.25, -0.2) is 0 Å². The molecule has 1 aliphatic rings. The summed E-state index contributed by atoms with van der Waals surface area (Å²) in [5.41, 5.74) is 0.960. The molecule has 108 valence electrons. The molecule has 1 N–H and O–H groups in total. The van der Waals surface area contributed by atoms with Crippen molar-refractivity contribution < 1.29 is 4.74 Å². The summed E-state index contributed by atoms with van der Waals surface area (Å²) >= 11 is 0. The van der Waals surface area contributed by atoms with Crippen LogP contribution in [0.15, 0.2) is 36.5 Å². The van der Waals surface area contributed by atoms with Gasteiger partial charge in [0.1, 0.15) is 11.3 Å². The summed E-state index contributed by atoms with van der Waals surface area (Å²) in [6, 6.07) is 10.7. The lowest BCUT2D eigenvalue weighted by molar-refractivity contribution is 0.270. The molecule has 2 heterocycles. The maximum absolute atomic E-state index is 5.92. The van der Waals surface area contributed by atoms with E-state index in [2.05, 4.69) is 22.4 Å². The van der Waals surface area contributed by atoms with Crippen molar-refractivity contribution in [1.29, 1.82) is 0 Å². The molecule has 1 unspecified atom stereocenters. The van der Waals surface area contributed by atoms with Gasteiger partial charge in [0.2, 0.25) is 0 Å². The van der Waals surface area contributed by atoms with Crippen molar-refractivity contribution in [2.24, 2.45) is 0 Å². The van der Waals surface area contributed by atoms with E-state index < -0.39 is 0 Å². The summed E-state index contributed by atoms with van der Waals surface area (Å²) in [6.45, 7) is 1.91. The molecule has 1 aromatic heterocycles. The van der Waals surface area contributed by atoms with E-state index in [-0.39, 0.29) is 12.4 Å². The van der Waals surface area contributed by atoms with Crippen LogP contribution in [0.3, 0.4) is 0 Å². The first-order valence-corrected chi connectivity index (χ1v) is 7.13. The zero-order valence-corrected chi connectivity index (χ0v) is 12.4. The zero-order valence-electron chi connectivity index (χ0n) is 11.5. The molecule has 0 saturated carbocycles. The van der Waals surface area contributed by atoms with Crippen molar-refractivity contribution >= 4 is 23.3 Å². The van der Waals surface area contributed by atoms with Gasteiger partial charge in [0.05, 0.1) is 6.61 Å². The van der Waals surface area contributed by atoms with Gasteiger partial charge in [-0.05, 0) is 37.9 Å². The Morgan fingerprint density at radius 3 is 2.95 bits per heavy atom. The molecule has 1 fully saturated rings. The first-order valence-electron chi connectivity index (χ1n) is 7.13. The number of pyridine rings is 1. The smallest absolute Gasteiger partial charge is 0.145 e. The van der Waals surface area contributed by atoms with Crippen molar-refractivity contribution in [3.05, 3.63) is 36.5 Å². The third kappa shape index (κ3) is 3.62. The number of halogens is 1. The van der Waals surface area contributed by atoms with Crippen LogP contribution in [-0.4, -0.2) is 24.2 Å². The van der Waals surface area contributed by atoms with Crippen LogP contribution >= 0.6 is 12.4 Å². The number of hydrogen-bond donors (Lipinski definition) is 1. The van der Waals surface area contributed by atoms with Gasteiger partial charge in [-0.15, -0.1) is 12.4 Å². The van der Waals surface area contributed by atoms with Crippen molar-refractivity contribution in [3.8, 4) is 5.75 Å². The van der Waals surface area contributed by atoms with Crippen LogP contribution in [-0.2, 0) is 0 Å². The topological polar surface area (TPSA) is 34.1 Å². The van der Waals surface area contributed by atoms with Crippen LogP contribution in [0.5, 0.6) is 5.75 Å². The van der Waals surface area contributed by atoms with Crippen LogP contribution in [0.25, 0.3) is 10.9 Å². The Morgan fingerprint density at radius 1 is 1.20 bits per heavy atom. The quantitative estimate of drug-likeness (QED) is 0.935. The number of fused-ring (bicyclic) bond motifs is 1. The molecule has 0 bridgehead atoms. The molecule has 1 aliphatic heterocycles. The predicted octanol–water partition coefficient (Wildman–Crippen LogP) is 3.57. The van der Waals surface area contributed by atoms with Gasteiger partial charge < -0.3 is 10.1 Å². The number of hydrogen-bond acceptors (Lipinski definition) is 3. The van der Waals surface area contributed by atoms with E-state index in [1.165, 1.54) is 19.3 Å². The highest BCUT2D eigenvalue weighted by atomic mass is 35.5. The summed E-state index contributed by atoms with van der Waals surface area (Å²) in [5, 5.41) is 4.68. The third-order valence-corrected chi connectivity index (χ3v) is 3.73. The summed E-state index contributed by atoms with van der Waals surface area (Å²) < 4.78 is 5.92. The molecule has 2 aromatic rings. The Hall–Kier alpha value is -1.32. The molecule has 0 spiro atoms. The molecule has 1 saturated heterocycles. The first kappa shape index (κ1) is 15.1. The number of rotatable bonds is 4. The highest BCUT2D eigenvalue weighted by Gasteiger charge is 2.12. The molecular formula is C16H21ClN2O. The Labute approximate surface area is 126 Å². The molecule has 20 heavy (non-hydrogen) atoms. The number of para-hydroxylation sites is 1. The predicted molar refractivity (Wildman–Crippen MR) is 84.7 cm³/mol. The largest absolute Gasteiger partial charge is 0.491 e. The van der Waals surface area contributed by atoms with Gasteiger partial charge in [0.15, 0.2) is 0 Å². The van der Waals surface area contributed by atoms with Crippen molar-refractivity contribution in [2.45, 2.75) is 31.7 Å². The number of ether oxygens (including phenoxy) is 1. The lowest BCUT2D eigenvalue weighted by Gasteiger charge is -2.23. The lowest BCUT2D eigenvalue weighted by atomic mass is 10.0. The van der Waals surface area contributed by atoms with Gasteiger partial charge in [-0.1, -0.05) is 24.6 Å². The summed E-state index contributed by atoms with van der Waals surface area (Å²) in [4.78, 5) is 4.41. The average molecular weight is 293 g/mol. The fraction of sp³-hybridized carbons (Fsp3) is 0.438. The highest BCUT2D eigenvalue weighted by Crippen LogP contribution is 2.23. The summed E-state index contributed by atoms with van der Waals surface area (Å²) in [5.74, 6) is 0.897. The van der Waals surface area contributed by atoms with Crippen molar-refractivity contribution in [1.82, 2.24) is 10.3 Å². The SMILES string of the molecule is Cl.c1cnc2c(OCCC3CCCCN3)cccc2c1. The minimum absolute atomic E-state index is 0. The number of nitrogens with zero attached hydrogens (tertiary/aromatic N) is 1. The Bertz CT molecular complexity index is 535. The molecule has 1 aromatic carbocycles. The zero-order chi connectivity index (χ0) is 12.9. The lowest BCUT2D eigenvalue weighted by Crippen LogP contribution is -2.35. The summed E-state index contributed by atoms with van der Waals surface area (Å²) in [6.07, 6.45) is 6.82. The number of nitrogens with one attached hydrogen (secondary N) is 1. The fourth-order valence-corrected chi connectivity index (χ4v) is 2.67. The molecule has 0 aliphatic carbocycles. The molecule has 0 amide bonds. The molecule has 3 nitrogen and oxygen atoms in total. The van der Waals surface area contributed by atoms with E-state index in [1.54, 1.807) is 0 Å². The molecule has 0 radical (unpaired) electrons. The summed E-state index contributed by atoms with van der Waals surface area (Å²) in [7, 11) is 0. The van der Waals surface area contributed by atoms with E-state index in [0.29, 0.717) is 6.04 Å².